The van der Waals surface area contributed by atoms with Crippen LogP contribution in [0.15, 0.2) is 66.7 Å². The number of rotatable bonds is 8. The van der Waals surface area contributed by atoms with Gasteiger partial charge in [-0.1, -0.05) is 87.5 Å². The minimum absolute atomic E-state index is 0.116. The second kappa shape index (κ2) is 13.5. The summed E-state index contributed by atoms with van der Waals surface area (Å²) in [5.41, 5.74) is 3.17. The molecule has 2 saturated heterocycles. The van der Waals surface area contributed by atoms with Gasteiger partial charge in [-0.15, -0.1) is 0 Å². The Bertz CT molecular complexity index is 1220. The molecule has 2 fully saturated rings. The standard InChI is InChI=1S/C34H46N2O6/c1-33(2,3)20-19-27-28(37)29(42-34(4,5)41-27)30(40-6)31(38)35-26-14-10-11-21-36(32(26)39)22-23-15-17-25(18-16-23)24-12-8-7-9-13-24/h7-9,12-13,15-20,26-30,37H,10-11,14,21-22H2,1-6H3,(H,35,38)/t26-,27+,28+,29+,30+/m0/s1. The zero-order valence-electron chi connectivity index (χ0n) is 25.7. The van der Waals surface area contributed by atoms with Crippen LogP contribution in [0.2, 0.25) is 0 Å². The third kappa shape index (κ3) is 8.28. The minimum atomic E-state index is -1.15. The number of hydrogen-bond donors (Lipinski definition) is 2. The Balaban J connectivity index is 1.44. The van der Waals surface area contributed by atoms with Gasteiger partial charge in [0.05, 0.1) is 0 Å². The smallest absolute Gasteiger partial charge is 0.252 e. The first-order valence-corrected chi connectivity index (χ1v) is 14.9. The van der Waals surface area contributed by atoms with Crippen molar-refractivity contribution in [3.05, 3.63) is 72.3 Å². The number of benzene rings is 2. The van der Waals surface area contributed by atoms with Crippen LogP contribution < -0.4 is 5.32 Å². The van der Waals surface area contributed by atoms with Crippen LogP contribution in [0.25, 0.3) is 11.1 Å². The van der Waals surface area contributed by atoms with Crippen molar-refractivity contribution in [2.75, 3.05) is 13.7 Å². The molecule has 2 heterocycles. The van der Waals surface area contributed by atoms with Crippen molar-refractivity contribution >= 4 is 11.8 Å². The van der Waals surface area contributed by atoms with E-state index in [0.29, 0.717) is 19.5 Å². The largest absolute Gasteiger partial charge is 0.387 e. The van der Waals surface area contributed by atoms with Crippen molar-refractivity contribution in [3.8, 4) is 11.1 Å². The first kappa shape index (κ1) is 31.9. The maximum absolute atomic E-state index is 13.6. The second-order valence-electron chi connectivity index (χ2n) is 12.8. The van der Waals surface area contributed by atoms with Gasteiger partial charge in [-0.05, 0) is 55.2 Å². The van der Waals surface area contributed by atoms with Gasteiger partial charge in [0.1, 0.15) is 24.4 Å². The van der Waals surface area contributed by atoms with Crippen LogP contribution >= 0.6 is 0 Å². The molecule has 2 N–H and O–H groups in total. The van der Waals surface area contributed by atoms with Crippen molar-refractivity contribution in [1.82, 2.24) is 10.2 Å². The van der Waals surface area contributed by atoms with E-state index < -0.39 is 42.2 Å². The number of nitrogens with zero attached hydrogens (tertiary/aromatic N) is 1. The van der Waals surface area contributed by atoms with E-state index in [9.17, 15) is 14.7 Å². The number of ether oxygens (including phenoxy) is 3. The number of carbonyl (C=O) groups is 2. The highest BCUT2D eigenvalue weighted by atomic mass is 16.7. The van der Waals surface area contributed by atoms with Crippen LogP contribution in [0.3, 0.4) is 0 Å². The number of methoxy groups -OCH3 is 1. The molecule has 0 bridgehead atoms. The number of amides is 2. The van der Waals surface area contributed by atoms with Crippen molar-refractivity contribution in [3.63, 3.8) is 0 Å². The Hall–Kier alpha value is -3.04. The van der Waals surface area contributed by atoms with Gasteiger partial charge in [0, 0.05) is 20.2 Å². The summed E-state index contributed by atoms with van der Waals surface area (Å²) >= 11 is 0. The van der Waals surface area contributed by atoms with Gasteiger partial charge in [-0.3, -0.25) is 9.59 Å². The van der Waals surface area contributed by atoms with Crippen LogP contribution in [0.4, 0.5) is 0 Å². The van der Waals surface area contributed by atoms with E-state index in [2.05, 4.69) is 50.4 Å². The van der Waals surface area contributed by atoms with Crippen molar-refractivity contribution in [1.29, 1.82) is 0 Å². The molecule has 8 nitrogen and oxygen atoms in total. The molecule has 0 saturated carbocycles. The van der Waals surface area contributed by atoms with Gasteiger partial charge in [0.15, 0.2) is 11.9 Å². The molecule has 2 amide bonds. The quantitative estimate of drug-likeness (QED) is 0.435. The summed E-state index contributed by atoms with van der Waals surface area (Å²) < 4.78 is 17.6. The molecule has 4 rings (SSSR count). The lowest BCUT2D eigenvalue weighted by atomic mass is 9.93. The molecule has 5 atom stereocenters. The molecular weight excluding hydrogens is 532 g/mol. The van der Waals surface area contributed by atoms with Crippen molar-refractivity contribution in [2.24, 2.45) is 5.41 Å². The van der Waals surface area contributed by atoms with Crippen LogP contribution in [-0.2, 0) is 30.3 Å². The predicted molar refractivity (Wildman–Crippen MR) is 162 cm³/mol. The predicted octanol–water partition coefficient (Wildman–Crippen LogP) is 4.85. The average molecular weight is 579 g/mol. The topological polar surface area (TPSA) is 97.3 Å². The zero-order chi connectivity index (χ0) is 30.5. The fourth-order valence-corrected chi connectivity index (χ4v) is 5.48. The number of aliphatic hydroxyl groups excluding tert-OH is 1. The van der Waals surface area contributed by atoms with Gasteiger partial charge >= 0.3 is 0 Å². The summed E-state index contributed by atoms with van der Waals surface area (Å²) in [4.78, 5) is 29.0. The Morgan fingerprint density at radius 1 is 1.10 bits per heavy atom. The Kier molecular flexibility index (Phi) is 10.3. The highest BCUT2D eigenvalue weighted by molar-refractivity contribution is 5.90. The lowest BCUT2D eigenvalue weighted by molar-refractivity contribution is -0.334. The summed E-state index contributed by atoms with van der Waals surface area (Å²) in [5.74, 6) is -1.67. The molecule has 42 heavy (non-hydrogen) atoms. The number of aliphatic hydroxyl groups is 1. The third-order valence-corrected chi connectivity index (χ3v) is 7.64. The minimum Gasteiger partial charge on any atom is -0.387 e. The normalized spacial score (nSPS) is 25.7. The van der Waals surface area contributed by atoms with Crippen LogP contribution in [0, 0.1) is 5.41 Å². The van der Waals surface area contributed by atoms with Crippen LogP contribution in [0.1, 0.15) is 59.4 Å². The monoisotopic (exact) mass is 578 g/mol. The molecule has 0 unspecified atom stereocenters. The molecule has 2 aliphatic rings. The maximum atomic E-state index is 13.6. The van der Waals surface area contributed by atoms with E-state index in [1.54, 1.807) is 13.8 Å². The molecule has 0 spiro atoms. The van der Waals surface area contributed by atoms with Gasteiger partial charge < -0.3 is 29.5 Å². The first-order valence-electron chi connectivity index (χ1n) is 14.9. The Morgan fingerprint density at radius 2 is 1.76 bits per heavy atom. The summed E-state index contributed by atoms with van der Waals surface area (Å²) in [7, 11) is 1.41. The summed E-state index contributed by atoms with van der Waals surface area (Å²) in [6.07, 6.45) is 2.01. The van der Waals surface area contributed by atoms with Crippen molar-refractivity contribution < 1.29 is 28.9 Å². The molecule has 0 aromatic heterocycles. The van der Waals surface area contributed by atoms with Gasteiger partial charge in [0.25, 0.3) is 5.91 Å². The van der Waals surface area contributed by atoms with E-state index in [-0.39, 0.29) is 11.3 Å². The summed E-state index contributed by atoms with van der Waals surface area (Å²) in [6.45, 7) is 10.7. The summed E-state index contributed by atoms with van der Waals surface area (Å²) in [5, 5.41) is 14.1. The molecule has 8 heteroatoms. The number of hydrogen-bond acceptors (Lipinski definition) is 6. The number of carbonyl (C=O) groups excluding carboxylic acids is 2. The second-order valence-corrected chi connectivity index (χ2v) is 12.8. The lowest BCUT2D eigenvalue weighted by Crippen LogP contribution is -2.62. The highest BCUT2D eigenvalue weighted by Gasteiger charge is 2.48. The third-order valence-electron chi connectivity index (χ3n) is 7.64. The van der Waals surface area contributed by atoms with E-state index in [1.807, 2.05) is 47.4 Å². The van der Waals surface area contributed by atoms with E-state index >= 15 is 0 Å². The van der Waals surface area contributed by atoms with E-state index in [0.717, 1.165) is 29.5 Å². The number of likely N-dealkylation sites (tertiary alicyclic amines) is 1. The average Bonchev–Trinajstić information content (AvgIpc) is 3.11. The van der Waals surface area contributed by atoms with Gasteiger partial charge in [-0.2, -0.15) is 0 Å². The number of allylic oxidation sites excluding steroid dienone is 1. The molecular formula is C34H46N2O6. The highest BCUT2D eigenvalue weighted by Crippen LogP contribution is 2.31. The maximum Gasteiger partial charge on any atom is 0.252 e. The zero-order valence-corrected chi connectivity index (χ0v) is 25.7. The fourth-order valence-electron chi connectivity index (χ4n) is 5.48. The van der Waals surface area contributed by atoms with E-state index in [4.69, 9.17) is 14.2 Å². The lowest BCUT2D eigenvalue weighted by Gasteiger charge is -2.45. The number of nitrogens with one attached hydrogen (secondary N) is 1. The molecule has 0 radical (unpaired) electrons. The van der Waals surface area contributed by atoms with Crippen LogP contribution in [0.5, 0.6) is 0 Å². The summed E-state index contributed by atoms with van der Waals surface area (Å²) in [6, 6.07) is 17.7. The molecule has 228 valence electrons. The SMILES string of the molecule is CO[C@@H](C(=O)N[C@H]1CCCCN(Cc2ccc(-c3ccccc3)cc2)C1=O)[C@@H]1OC(C)(C)O[C@H](C=CC(C)(C)C)[C@H]1O. The fraction of sp³-hybridized carbons (Fsp3) is 0.529. The Labute approximate surface area is 250 Å². The van der Waals surface area contributed by atoms with Gasteiger partial charge in [0.2, 0.25) is 5.91 Å². The molecule has 2 aromatic rings. The first-order chi connectivity index (χ1) is 19.9. The molecule has 2 aromatic carbocycles. The molecule has 0 aliphatic carbocycles. The molecule has 2 aliphatic heterocycles. The van der Waals surface area contributed by atoms with Crippen LogP contribution in [-0.4, -0.2) is 71.7 Å². The van der Waals surface area contributed by atoms with Crippen molar-refractivity contribution in [2.45, 2.75) is 96.7 Å². The van der Waals surface area contributed by atoms with Gasteiger partial charge in [-0.25, -0.2) is 0 Å². The Morgan fingerprint density at radius 3 is 2.40 bits per heavy atom. The van der Waals surface area contributed by atoms with E-state index in [1.165, 1.54) is 7.11 Å².